The summed E-state index contributed by atoms with van der Waals surface area (Å²) >= 11 is 0. The molecule has 1 heterocycles. The predicted molar refractivity (Wildman–Crippen MR) is 46.7 cm³/mol. The van der Waals surface area contributed by atoms with Gasteiger partial charge in [-0.25, -0.2) is 0 Å². The van der Waals surface area contributed by atoms with Gasteiger partial charge in [0.15, 0.2) is 0 Å². The summed E-state index contributed by atoms with van der Waals surface area (Å²) in [4.78, 5) is 0. The first kappa shape index (κ1) is 9.01. The predicted octanol–water partition coefficient (Wildman–Crippen LogP) is 1.41. The zero-order valence-electron chi connectivity index (χ0n) is 7.81. The Balaban J connectivity index is 2.38. The molecule has 11 heavy (non-hydrogen) atoms. The van der Waals surface area contributed by atoms with Crippen LogP contribution in [0.15, 0.2) is 0 Å². The molecule has 2 heteroatoms. The summed E-state index contributed by atoms with van der Waals surface area (Å²) in [6.07, 6.45) is 2.44. The van der Waals surface area contributed by atoms with Gasteiger partial charge < -0.3 is 10.1 Å². The molecule has 1 unspecified atom stereocenters. The van der Waals surface area contributed by atoms with E-state index in [4.69, 9.17) is 4.74 Å². The molecular formula is C9H19NO. The van der Waals surface area contributed by atoms with Gasteiger partial charge in [0.05, 0.1) is 0 Å². The molecule has 0 aromatic heterocycles. The van der Waals surface area contributed by atoms with Crippen LogP contribution in [0.4, 0.5) is 0 Å². The van der Waals surface area contributed by atoms with E-state index in [2.05, 4.69) is 19.2 Å². The van der Waals surface area contributed by atoms with E-state index in [-0.39, 0.29) is 0 Å². The molecule has 0 radical (unpaired) electrons. The Labute approximate surface area is 69.3 Å². The average Bonchev–Trinajstić information content (AvgIpc) is 2.30. The highest BCUT2D eigenvalue weighted by atomic mass is 16.5. The Kier molecular flexibility index (Phi) is 2.90. The van der Waals surface area contributed by atoms with Gasteiger partial charge in [-0.3, -0.25) is 0 Å². The van der Waals surface area contributed by atoms with Gasteiger partial charge in [0, 0.05) is 19.3 Å². The van der Waals surface area contributed by atoms with Crippen molar-refractivity contribution in [3.8, 4) is 0 Å². The summed E-state index contributed by atoms with van der Waals surface area (Å²) in [6.45, 7) is 6.65. The topological polar surface area (TPSA) is 21.3 Å². The Morgan fingerprint density at radius 3 is 2.82 bits per heavy atom. The van der Waals surface area contributed by atoms with Crippen LogP contribution in [0.1, 0.15) is 26.7 Å². The number of hydrogen-bond donors (Lipinski definition) is 1. The molecule has 66 valence electrons. The Hall–Kier alpha value is -0.0800. The highest BCUT2D eigenvalue weighted by molar-refractivity contribution is 4.93. The molecule has 1 saturated heterocycles. The van der Waals surface area contributed by atoms with E-state index >= 15 is 0 Å². The fraction of sp³-hybridized carbons (Fsp3) is 1.00. The van der Waals surface area contributed by atoms with Crippen LogP contribution >= 0.6 is 0 Å². The van der Waals surface area contributed by atoms with Gasteiger partial charge in [0.2, 0.25) is 0 Å². The van der Waals surface area contributed by atoms with Gasteiger partial charge in [-0.2, -0.15) is 0 Å². The maximum Gasteiger partial charge on any atom is 0.0479 e. The van der Waals surface area contributed by atoms with Gasteiger partial charge in [-0.1, -0.05) is 6.92 Å². The van der Waals surface area contributed by atoms with E-state index in [0.29, 0.717) is 5.54 Å². The molecular weight excluding hydrogens is 138 g/mol. The Bertz CT molecular complexity index is 127. The van der Waals surface area contributed by atoms with Crippen LogP contribution in [0.2, 0.25) is 0 Å². The van der Waals surface area contributed by atoms with E-state index in [0.717, 1.165) is 18.9 Å². The second-order valence-corrected chi connectivity index (χ2v) is 3.78. The van der Waals surface area contributed by atoms with Gasteiger partial charge >= 0.3 is 0 Å². The first-order chi connectivity index (χ1) is 5.19. The minimum absolute atomic E-state index is 0.329. The average molecular weight is 157 g/mol. The third kappa shape index (κ3) is 1.94. The van der Waals surface area contributed by atoms with Crippen molar-refractivity contribution in [1.29, 1.82) is 0 Å². The molecule has 1 aliphatic heterocycles. The molecule has 0 aliphatic carbocycles. The van der Waals surface area contributed by atoms with Gasteiger partial charge in [-0.05, 0) is 32.2 Å². The number of methoxy groups -OCH3 is 1. The number of hydrogen-bond acceptors (Lipinski definition) is 2. The maximum atomic E-state index is 5.08. The lowest BCUT2D eigenvalue weighted by molar-refractivity contribution is 0.152. The van der Waals surface area contributed by atoms with E-state index in [1.807, 2.05) is 0 Å². The summed E-state index contributed by atoms with van der Waals surface area (Å²) in [7, 11) is 1.77. The summed E-state index contributed by atoms with van der Waals surface area (Å²) in [5.41, 5.74) is 0.329. The summed E-state index contributed by atoms with van der Waals surface area (Å²) < 4.78 is 5.08. The quantitative estimate of drug-likeness (QED) is 0.669. The lowest BCUT2D eigenvalue weighted by atomic mass is 9.86. The van der Waals surface area contributed by atoms with Crippen molar-refractivity contribution < 1.29 is 4.74 Å². The monoisotopic (exact) mass is 157 g/mol. The second-order valence-electron chi connectivity index (χ2n) is 3.78. The van der Waals surface area contributed by atoms with Crippen molar-refractivity contribution in [2.75, 3.05) is 20.3 Å². The van der Waals surface area contributed by atoms with E-state index < -0.39 is 0 Å². The van der Waals surface area contributed by atoms with Crippen LogP contribution in [0.5, 0.6) is 0 Å². The zero-order chi connectivity index (χ0) is 8.32. The minimum atomic E-state index is 0.329. The lowest BCUT2D eigenvalue weighted by Crippen LogP contribution is -2.41. The van der Waals surface area contributed by atoms with Crippen LogP contribution in [0.3, 0.4) is 0 Å². The van der Waals surface area contributed by atoms with Gasteiger partial charge in [0.1, 0.15) is 0 Å². The molecule has 1 N–H and O–H groups in total. The van der Waals surface area contributed by atoms with E-state index in [1.54, 1.807) is 7.11 Å². The van der Waals surface area contributed by atoms with Crippen molar-refractivity contribution in [2.45, 2.75) is 32.2 Å². The van der Waals surface area contributed by atoms with Crippen molar-refractivity contribution in [3.63, 3.8) is 0 Å². The van der Waals surface area contributed by atoms with Crippen LogP contribution in [-0.2, 0) is 4.74 Å². The third-order valence-corrected chi connectivity index (χ3v) is 3.02. The SMILES string of the molecule is COCC[C@@]1(C)NCCC1C. The summed E-state index contributed by atoms with van der Waals surface area (Å²) in [5.74, 6) is 0.789. The molecule has 0 bridgehead atoms. The van der Waals surface area contributed by atoms with Crippen LogP contribution in [0.25, 0.3) is 0 Å². The second kappa shape index (κ2) is 3.55. The van der Waals surface area contributed by atoms with Crippen molar-refractivity contribution in [1.82, 2.24) is 5.32 Å². The molecule has 0 amide bonds. The molecule has 1 fully saturated rings. The summed E-state index contributed by atoms with van der Waals surface area (Å²) in [6, 6.07) is 0. The number of nitrogens with one attached hydrogen (secondary N) is 1. The molecule has 0 spiro atoms. The smallest absolute Gasteiger partial charge is 0.0479 e. The fourth-order valence-corrected chi connectivity index (χ4v) is 1.72. The highest BCUT2D eigenvalue weighted by Gasteiger charge is 2.34. The normalized spacial score (nSPS) is 37.9. The number of rotatable bonds is 3. The first-order valence-electron chi connectivity index (χ1n) is 4.43. The zero-order valence-corrected chi connectivity index (χ0v) is 7.81. The van der Waals surface area contributed by atoms with Crippen molar-refractivity contribution in [3.05, 3.63) is 0 Å². The lowest BCUT2D eigenvalue weighted by Gasteiger charge is -2.29. The maximum absolute atomic E-state index is 5.08. The van der Waals surface area contributed by atoms with Crippen LogP contribution < -0.4 is 5.32 Å². The van der Waals surface area contributed by atoms with Gasteiger partial charge in [0.25, 0.3) is 0 Å². The van der Waals surface area contributed by atoms with Crippen molar-refractivity contribution in [2.24, 2.45) is 5.92 Å². The molecule has 1 aliphatic rings. The molecule has 2 atom stereocenters. The third-order valence-electron chi connectivity index (χ3n) is 3.02. The molecule has 2 nitrogen and oxygen atoms in total. The summed E-state index contributed by atoms with van der Waals surface area (Å²) in [5, 5.41) is 3.54. The van der Waals surface area contributed by atoms with E-state index in [1.165, 1.54) is 13.0 Å². The minimum Gasteiger partial charge on any atom is -0.385 e. The molecule has 1 rings (SSSR count). The van der Waals surface area contributed by atoms with E-state index in [9.17, 15) is 0 Å². The standard InChI is InChI=1S/C9H19NO/c1-8-4-6-10-9(8,2)5-7-11-3/h8,10H,4-7H2,1-3H3/t8?,9-/m1/s1. The largest absolute Gasteiger partial charge is 0.385 e. The van der Waals surface area contributed by atoms with Crippen molar-refractivity contribution >= 4 is 0 Å². The Morgan fingerprint density at radius 2 is 2.36 bits per heavy atom. The first-order valence-corrected chi connectivity index (χ1v) is 4.43. The highest BCUT2D eigenvalue weighted by Crippen LogP contribution is 2.28. The van der Waals surface area contributed by atoms with Crippen LogP contribution in [0, 0.1) is 5.92 Å². The van der Waals surface area contributed by atoms with Crippen LogP contribution in [-0.4, -0.2) is 25.8 Å². The molecule has 0 aromatic carbocycles. The fourth-order valence-electron chi connectivity index (χ4n) is 1.72. The van der Waals surface area contributed by atoms with Gasteiger partial charge in [-0.15, -0.1) is 0 Å². The number of ether oxygens (including phenoxy) is 1. The molecule has 0 aromatic rings. The molecule has 0 saturated carbocycles. The Morgan fingerprint density at radius 1 is 1.64 bits per heavy atom.